The molecule has 162 valence electrons. The van der Waals surface area contributed by atoms with E-state index in [0.717, 1.165) is 16.9 Å². The van der Waals surface area contributed by atoms with E-state index < -0.39 is 0 Å². The van der Waals surface area contributed by atoms with Gasteiger partial charge < -0.3 is 19.7 Å². The predicted octanol–water partition coefficient (Wildman–Crippen LogP) is 2.72. The highest BCUT2D eigenvalue weighted by Gasteiger charge is 2.15. The number of benzene rings is 2. The molecule has 2 aromatic carbocycles. The average molecular weight is 414 g/mol. The third-order valence-corrected chi connectivity index (χ3v) is 4.50. The molecular formula is C23H31N3O4. The normalized spacial score (nSPS) is 10.6. The minimum absolute atomic E-state index is 0.0248. The van der Waals surface area contributed by atoms with Gasteiger partial charge in [-0.3, -0.25) is 14.5 Å². The van der Waals surface area contributed by atoms with Crippen molar-refractivity contribution in [3.05, 3.63) is 53.6 Å². The largest absolute Gasteiger partial charge is 0.497 e. The molecule has 0 spiro atoms. The topological polar surface area (TPSA) is 71.1 Å². The molecule has 0 radical (unpaired) electrons. The van der Waals surface area contributed by atoms with Crippen LogP contribution in [0.3, 0.4) is 0 Å². The molecule has 0 heterocycles. The van der Waals surface area contributed by atoms with Crippen LogP contribution in [-0.4, -0.2) is 69.1 Å². The van der Waals surface area contributed by atoms with Crippen molar-refractivity contribution in [2.75, 3.05) is 52.8 Å². The number of rotatable bonds is 10. The van der Waals surface area contributed by atoms with Crippen molar-refractivity contribution in [1.82, 2.24) is 9.80 Å². The molecular weight excluding hydrogens is 382 g/mol. The van der Waals surface area contributed by atoms with Gasteiger partial charge in [-0.05, 0) is 56.3 Å². The van der Waals surface area contributed by atoms with E-state index in [1.165, 1.54) is 4.90 Å². The molecule has 0 bridgehead atoms. The molecule has 0 saturated heterocycles. The Bertz CT molecular complexity index is 849. The van der Waals surface area contributed by atoms with E-state index in [-0.39, 0.29) is 24.9 Å². The number of nitrogens with one attached hydrogen (secondary N) is 1. The van der Waals surface area contributed by atoms with Crippen molar-refractivity contribution >= 4 is 17.5 Å². The van der Waals surface area contributed by atoms with E-state index in [9.17, 15) is 9.59 Å². The minimum Gasteiger partial charge on any atom is -0.497 e. The third-order valence-electron chi connectivity index (χ3n) is 4.50. The lowest BCUT2D eigenvalue weighted by Gasteiger charge is -2.21. The van der Waals surface area contributed by atoms with Crippen molar-refractivity contribution in [3.8, 4) is 11.5 Å². The van der Waals surface area contributed by atoms with Crippen LogP contribution in [0.15, 0.2) is 42.5 Å². The van der Waals surface area contributed by atoms with Crippen LogP contribution in [0.25, 0.3) is 0 Å². The average Bonchev–Trinajstić information content (AvgIpc) is 2.67. The van der Waals surface area contributed by atoms with Gasteiger partial charge in [-0.15, -0.1) is 0 Å². The zero-order valence-electron chi connectivity index (χ0n) is 18.4. The SMILES string of the molecule is COc1cccc(NC(=O)CN(C)C(=O)CN(C)CCOc2cc(C)cc(C)c2)c1. The zero-order chi connectivity index (χ0) is 22.1. The number of methoxy groups -OCH3 is 1. The molecule has 2 aromatic rings. The highest BCUT2D eigenvalue weighted by Crippen LogP contribution is 2.17. The molecule has 0 aliphatic rings. The number of ether oxygens (including phenoxy) is 2. The third kappa shape index (κ3) is 7.75. The first kappa shape index (κ1) is 23.2. The molecule has 0 aromatic heterocycles. The van der Waals surface area contributed by atoms with Crippen LogP contribution in [0.5, 0.6) is 11.5 Å². The van der Waals surface area contributed by atoms with E-state index in [1.54, 1.807) is 38.4 Å². The molecule has 1 N–H and O–H groups in total. The first-order valence-electron chi connectivity index (χ1n) is 9.84. The van der Waals surface area contributed by atoms with Gasteiger partial charge in [0.15, 0.2) is 0 Å². The predicted molar refractivity (Wildman–Crippen MR) is 118 cm³/mol. The fourth-order valence-corrected chi connectivity index (χ4v) is 2.97. The van der Waals surface area contributed by atoms with Crippen LogP contribution in [-0.2, 0) is 9.59 Å². The summed E-state index contributed by atoms with van der Waals surface area (Å²) in [5, 5.41) is 2.77. The Balaban J connectivity index is 1.73. The summed E-state index contributed by atoms with van der Waals surface area (Å²) in [6.45, 7) is 5.33. The molecule has 2 amide bonds. The first-order chi connectivity index (χ1) is 14.3. The monoisotopic (exact) mass is 413 g/mol. The van der Waals surface area contributed by atoms with Crippen molar-refractivity contribution in [3.63, 3.8) is 0 Å². The van der Waals surface area contributed by atoms with Crippen LogP contribution in [0.1, 0.15) is 11.1 Å². The Hall–Kier alpha value is -3.06. The van der Waals surface area contributed by atoms with Crippen molar-refractivity contribution in [2.24, 2.45) is 0 Å². The minimum atomic E-state index is -0.264. The quantitative estimate of drug-likeness (QED) is 0.649. The number of carbonyl (C=O) groups excluding carboxylic acids is 2. The summed E-state index contributed by atoms with van der Waals surface area (Å²) in [6.07, 6.45) is 0. The molecule has 7 nitrogen and oxygen atoms in total. The van der Waals surface area contributed by atoms with E-state index in [1.807, 2.05) is 37.9 Å². The molecule has 2 rings (SSSR count). The molecule has 30 heavy (non-hydrogen) atoms. The Morgan fingerprint density at radius 1 is 0.967 bits per heavy atom. The van der Waals surface area contributed by atoms with Gasteiger partial charge in [-0.2, -0.15) is 0 Å². The van der Waals surface area contributed by atoms with Crippen molar-refractivity contribution in [2.45, 2.75) is 13.8 Å². The van der Waals surface area contributed by atoms with Crippen LogP contribution >= 0.6 is 0 Å². The van der Waals surface area contributed by atoms with Crippen LogP contribution in [0.2, 0.25) is 0 Å². The van der Waals surface area contributed by atoms with Crippen molar-refractivity contribution in [1.29, 1.82) is 0 Å². The fraction of sp³-hybridized carbons (Fsp3) is 0.391. The molecule has 0 atom stereocenters. The second-order valence-corrected chi connectivity index (χ2v) is 7.44. The zero-order valence-corrected chi connectivity index (χ0v) is 18.4. The summed E-state index contributed by atoms with van der Waals surface area (Å²) in [5.74, 6) is 1.09. The lowest BCUT2D eigenvalue weighted by molar-refractivity contribution is -0.134. The van der Waals surface area contributed by atoms with Gasteiger partial charge in [0.2, 0.25) is 11.8 Å². The Kier molecular flexibility index (Phi) is 8.68. The Morgan fingerprint density at radius 3 is 2.33 bits per heavy atom. The van der Waals surface area contributed by atoms with Gasteiger partial charge in [0.05, 0.1) is 20.2 Å². The summed E-state index contributed by atoms with van der Waals surface area (Å²) < 4.78 is 10.9. The van der Waals surface area contributed by atoms with E-state index in [2.05, 4.69) is 11.4 Å². The number of nitrogens with zero attached hydrogens (tertiary/aromatic N) is 2. The first-order valence-corrected chi connectivity index (χ1v) is 9.84. The van der Waals surface area contributed by atoms with Gasteiger partial charge in [0.25, 0.3) is 0 Å². The standard InChI is InChI=1S/C23H31N3O4/c1-17-11-18(2)13-21(12-17)30-10-9-25(3)16-23(28)26(4)15-22(27)24-19-7-6-8-20(14-19)29-5/h6-8,11-14H,9-10,15-16H2,1-5H3,(H,24,27). The maximum absolute atomic E-state index is 12.4. The maximum Gasteiger partial charge on any atom is 0.243 e. The highest BCUT2D eigenvalue weighted by molar-refractivity contribution is 5.94. The Labute approximate surface area is 178 Å². The van der Waals surface area contributed by atoms with Gasteiger partial charge >= 0.3 is 0 Å². The fourth-order valence-electron chi connectivity index (χ4n) is 2.97. The molecule has 0 aliphatic heterocycles. The van der Waals surface area contributed by atoms with Gasteiger partial charge in [-0.25, -0.2) is 0 Å². The van der Waals surface area contributed by atoms with Crippen LogP contribution in [0, 0.1) is 13.8 Å². The number of hydrogen-bond donors (Lipinski definition) is 1. The smallest absolute Gasteiger partial charge is 0.243 e. The molecule has 0 fully saturated rings. The second-order valence-electron chi connectivity index (χ2n) is 7.44. The van der Waals surface area contributed by atoms with Gasteiger partial charge in [-0.1, -0.05) is 12.1 Å². The van der Waals surface area contributed by atoms with Crippen LogP contribution in [0.4, 0.5) is 5.69 Å². The van der Waals surface area contributed by atoms with E-state index in [0.29, 0.717) is 24.6 Å². The number of hydrogen-bond acceptors (Lipinski definition) is 5. The summed E-state index contributed by atoms with van der Waals surface area (Å²) in [5.41, 5.74) is 2.94. The van der Waals surface area contributed by atoms with Gasteiger partial charge in [0.1, 0.15) is 18.1 Å². The lowest BCUT2D eigenvalue weighted by atomic mass is 10.1. The number of amides is 2. The molecule has 7 heteroatoms. The number of carbonyl (C=O) groups is 2. The van der Waals surface area contributed by atoms with E-state index >= 15 is 0 Å². The molecule has 0 aliphatic carbocycles. The molecule has 0 unspecified atom stereocenters. The van der Waals surface area contributed by atoms with E-state index in [4.69, 9.17) is 9.47 Å². The summed E-state index contributed by atoms with van der Waals surface area (Å²) in [4.78, 5) is 27.9. The summed E-state index contributed by atoms with van der Waals surface area (Å²) in [6, 6.07) is 13.2. The number of anilines is 1. The number of aryl methyl sites for hydroxylation is 2. The van der Waals surface area contributed by atoms with Crippen LogP contribution < -0.4 is 14.8 Å². The summed E-state index contributed by atoms with van der Waals surface area (Å²) >= 11 is 0. The lowest BCUT2D eigenvalue weighted by Crippen LogP contribution is -2.41. The summed E-state index contributed by atoms with van der Waals surface area (Å²) in [7, 11) is 5.04. The molecule has 0 saturated carbocycles. The van der Waals surface area contributed by atoms with Crippen molar-refractivity contribution < 1.29 is 19.1 Å². The maximum atomic E-state index is 12.4. The highest BCUT2D eigenvalue weighted by atomic mass is 16.5. The van der Waals surface area contributed by atoms with Gasteiger partial charge in [0, 0.05) is 25.3 Å². The second kappa shape index (κ2) is 11.2. The number of likely N-dealkylation sites (N-methyl/N-ethyl adjacent to an activating group) is 2. The Morgan fingerprint density at radius 2 is 1.67 bits per heavy atom.